The van der Waals surface area contributed by atoms with Crippen molar-refractivity contribution in [3.8, 4) is 0 Å². The van der Waals surface area contributed by atoms with Gasteiger partial charge in [-0.25, -0.2) is 0 Å². The lowest BCUT2D eigenvalue weighted by Crippen LogP contribution is -2.56. The number of fused-ring (bicyclic) bond motifs is 3. The Kier molecular flexibility index (Phi) is 4.60. The highest BCUT2D eigenvalue weighted by Gasteiger charge is 2.46. The number of aryl methyl sites for hydroxylation is 3. The first-order valence-electron chi connectivity index (χ1n) is 10.00. The third-order valence-corrected chi connectivity index (χ3v) is 6.70. The average molecular weight is 348 g/mol. The van der Waals surface area contributed by atoms with Gasteiger partial charge in [-0.2, -0.15) is 0 Å². The summed E-state index contributed by atoms with van der Waals surface area (Å²) in [5.74, 6) is 0.313. The molecule has 2 aliphatic rings. The lowest BCUT2D eigenvalue weighted by atomic mass is 9.63. The van der Waals surface area contributed by atoms with E-state index in [9.17, 15) is 4.79 Å². The predicted molar refractivity (Wildman–Crippen MR) is 106 cm³/mol. The van der Waals surface area contributed by atoms with Crippen LogP contribution in [0, 0.1) is 0 Å². The molecule has 2 aromatic carbocycles. The number of piperidine rings is 1. The second-order valence-corrected chi connectivity index (χ2v) is 8.31. The van der Waals surface area contributed by atoms with Crippen molar-refractivity contribution in [2.24, 2.45) is 0 Å². The molecule has 2 atom stereocenters. The molecular weight excluding hydrogens is 318 g/mol. The lowest BCUT2D eigenvalue weighted by Gasteiger charge is -2.50. The third kappa shape index (κ3) is 3.06. The quantitative estimate of drug-likeness (QED) is 0.786. The largest absolute Gasteiger partial charge is 0.342 e. The second-order valence-electron chi connectivity index (χ2n) is 8.31. The number of amides is 1. The molecule has 136 valence electrons. The zero-order valence-electron chi connectivity index (χ0n) is 16.0. The number of carbonyl (C=O) groups is 1. The van der Waals surface area contributed by atoms with E-state index in [1.54, 1.807) is 0 Å². The van der Waals surface area contributed by atoms with Crippen molar-refractivity contribution in [1.29, 1.82) is 0 Å². The van der Waals surface area contributed by atoms with Gasteiger partial charge in [0.15, 0.2) is 0 Å². The van der Waals surface area contributed by atoms with E-state index < -0.39 is 0 Å². The van der Waals surface area contributed by atoms with E-state index in [0.717, 1.165) is 32.1 Å². The van der Waals surface area contributed by atoms with E-state index in [2.05, 4.69) is 55.5 Å². The highest BCUT2D eigenvalue weighted by molar-refractivity contribution is 5.78. The fourth-order valence-electron chi connectivity index (χ4n) is 5.14. The summed E-state index contributed by atoms with van der Waals surface area (Å²) < 4.78 is 0. The second kappa shape index (κ2) is 6.90. The first-order chi connectivity index (χ1) is 12.6. The van der Waals surface area contributed by atoms with Crippen LogP contribution >= 0.6 is 0 Å². The molecule has 0 unspecified atom stereocenters. The zero-order valence-corrected chi connectivity index (χ0v) is 16.0. The molecule has 2 nitrogen and oxygen atoms in total. The minimum absolute atomic E-state index is 0.124. The van der Waals surface area contributed by atoms with Gasteiger partial charge in [0.25, 0.3) is 0 Å². The molecular formula is C24H29NO. The standard InChI is InChI=1S/C24H29NO/c1-24-16-15-23(26)25(2)22(24)14-12-20-17-19(11-13-21(20)24)10-6-9-18-7-4-3-5-8-18/h3-5,7-8,11,13,17,22H,6,9-10,12,14-16H2,1-2H3/t22-,24-/m1/s1. The van der Waals surface area contributed by atoms with Crippen LogP contribution < -0.4 is 0 Å². The van der Waals surface area contributed by atoms with Gasteiger partial charge in [-0.15, -0.1) is 0 Å². The summed E-state index contributed by atoms with van der Waals surface area (Å²) in [7, 11) is 1.99. The lowest BCUT2D eigenvalue weighted by molar-refractivity contribution is -0.138. The Hall–Kier alpha value is -2.09. The number of nitrogens with zero attached hydrogens (tertiary/aromatic N) is 1. The van der Waals surface area contributed by atoms with Crippen molar-refractivity contribution < 1.29 is 4.79 Å². The molecule has 26 heavy (non-hydrogen) atoms. The maximum absolute atomic E-state index is 12.1. The highest BCUT2D eigenvalue weighted by Crippen LogP contribution is 2.45. The molecule has 0 bridgehead atoms. The van der Waals surface area contributed by atoms with Crippen molar-refractivity contribution >= 4 is 5.91 Å². The van der Waals surface area contributed by atoms with Gasteiger partial charge in [0, 0.05) is 24.9 Å². The molecule has 1 aliphatic carbocycles. The van der Waals surface area contributed by atoms with Gasteiger partial charge < -0.3 is 4.90 Å². The number of likely N-dealkylation sites (tertiary alicyclic amines) is 1. The molecule has 1 heterocycles. The SMILES string of the molecule is CN1C(=O)CC[C@]2(C)c3ccc(CCCc4ccccc4)cc3CC[C@@H]12. The number of carbonyl (C=O) groups excluding carboxylic acids is 1. The van der Waals surface area contributed by atoms with Gasteiger partial charge in [0.2, 0.25) is 5.91 Å². The molecule has 0 spiro atoms. The molecule has 1 amide bonds. The van der Waals surface area contributed by atoms with E-state index >= 15 is 0 Å². The minimum Gasteiger partial charge on any atom is -0.342 e. The Morgan fingerprint density at radius 2 is 1.81 bits per heavy atom. The van der Waals surface area contributed by atoms with Crippen LogP contribution in [0.3, 0.4) is 0 Å². The Bertz CT molecular complexity index is 797. The van der Waals surface area contributed by atoms with Crippen molar-refractivity contribution in [3.63, 3.8) is 0 Å². The first kappa shape index (κ1) is 17.3. The summed E-state index contributed by atoms with van der Waals surface area (Å²) >= 11 is 0. The Balaban J connectivity index is 1.49. The number of benzene rings is 2. The van der Waals surface area contributed by atoms with E-state index in [1.165, 1.54) is 28.7 Å². The number of rotatable bonds is 4. The fourth-order valence-corrected chi connectivity index (χ4v) is 5.14. The smallest absolute Gasteiger partial charge is 0.222 e. The Morgan fingerprint density at radius 1 is 1.04 bits per heavy atom. The van der Waals surface area contributed by atoms with Gasteiger partial charge >= 0.3 is 0 Å². The minimum atomic E-state index is 0.124. The number of hydrogen-bond donors (Lipinski definition) is 0. The molecule has 2 heteroatoms. The predicted octanol–water partition coefficient (Wildman–Crippen LogP) is 4.69. The van der Waals surface area contributed by atoms with E-state index in [1.807, 2.05) is 11.9 Å². The molecule has 4 rings (SSSR count). The van der Waals surface area contributed by atoms with Crippen LogP contribution in [0.4, 0.5) is 0 Å². The third-order valence-electron chi connectivity index (χ3n) is 6.70. The molecule has 0 radical (unpaired) electrons. The molecule has 1 aliphatic heterocycles. The summed E-state index contributed by atoms with van der Waals surface area (Å²) in [6.45, 7) is 2.37. The van der Waals surface area contributed by atoms with Crippen molar-refractivity contribution in [1.82, 2.24) is 4.90 Å². The molecule has 0 aromatic heterocycles. The maximum Gasteiger partial charge on any atom is 0.222 e. The van der Waals surface area contributed by atoms with Crippen LogP contribution in [-0.2, 0) is 29.5 Å². The molecule has 2 aromatic rings. The summed E-state index contributed by atoms with van der Waals surface area (Å²) in [6, 6.07) is 18.3. The van der Waals surface area contributed by atoms with Gasteiger partial charge in [-0.3, -0.25) is 4.79 Å². The molecule has 1 fully saturated rings. The van der Waals surface area contributed by atoms with Crippen LogP contribution in [0.25, 0.3) is 0 Å². The summed E-state index contributed by atoms with van der Waals surface area (Å²) in [4.78, 5) is 14.1. The van der Waals surface area contributed by atoms with E-state index in [-0.39, 0.29) is 5.41 Å². The van der Waals surface area contributed by atoms with Gasteiger partial charge in [0.1, 0.15) is 0 Å². The van der Waals surface area contributed by atoms with E-state index in [0.29, 0.717) is 18.4 Å². The van der Waals surface area contributed by atoms with Crippen LogP contribution in [0.1, 0.15) is 54.9 Å². The maximum atomic E-state index is 12.1. The summed E-state index contributed by atoms with van der Waals surface area (Å²) in [5.41, 5.74) is 6.01. The first-order valence-corrected chi connectivity index (χ1v) is 10.00. The van der Waals surface area contributed by atoms with E-state index in [4.69, 9.17) is 0 Å². The summed E-state index contributed by atoms with van der Waals surface area (Å²) in [5, 5.41) is 0. The summed E-state index contributed by atoms with van der Waals surface area (Å²) in [6.07, 6.45) is 7.34. The van der Waals surface area contributed by atoms with Crippen LogP contribution in [-0.4, -0.2) is 23.9 Å². The molecule has 0 N–H and O–H groups in total. The highest BCUT2D eigenvalue weighted by atomic mass is 16.2. The molecule has 0 saturated carbocycles. The monoisotopic (exact) mass is 347 g/mol. The zero-order chi connectivity index (χ0) is 18.1. The Labute approximate surface area is 157 Å². The van der Waals surface area contributed by atoms with Crippen LogP contribution in [0.2, 0.25) is 0 Å². The van der Waals surface area contributed by atoms with Gasteiger partial charge in [0.05, 0.1) is 0 Å². The number of hydrogen-bond acceptors (Lipinski definition) is 1. The van der Waals surface area contributed by atoms with Crippen molar-refractivity contribution in [2.75, 3.05) is 7.05 Å². The van der Waals surface area contributed by atoms with Gasteiger partial charge in [-0.1, -0.05) is 55.5 Å². The average Bonchev–Trinajstić information content (AvgIpc) is 2.66. The van der Waals surface area contributed by atoms with Crippen molar-refractivity contribution in [2.45, 2.75) is 63.3 Å². The van der Waals surface area contributed by atoms with Crippen LogP contribution in [0.5, 0.6) is 0 Å². The molecule has 1 saturated heterocycles. The van der Waals surface area contributed by atoms with Gasteiger partial charge in [-0.05, 0) is 60.8 Å². The topological polar surface area (TPSA) is 20.3 Å². The fraction of sp³-hybridized carbons (Fsp3) is 0.458. The number of likely N-dealkylation sites (N-methyl/N-ethyl adjacent to an activating group) is 1. The normalized spacial score (nSPS) is 24.9. The van der Waals surface area contributed by atoms with Crippen molar-refractivity contribution in [3.05, 3.63) is 70.8 Å². The van der Waals surface area contributed by atoms with Crippen LogP contribution in [0.15, 0.2) is 48.5 Å². The Morgan fingerprint density at radius 3 is 2.62 bits per heavy atom.